The Morgan fingerprint density at radius 2 is 1.72 bits per heavy atom. The number of guanidine groups is 1. The van der Waals surface area contributed by atoms with Gasteiger partial charge in [-0.2, -0.15) is 0 Å². The van der Waals surface area contributed by atoms with E-state index in [2.05, 4.69) is 52.1 Å². The zero-order chi connectivity index (χ0) is 18.2. The van der Waals surface area contributed by atoms with E-state index in [0.717, 1.165) is 6.54 Å². The van der Waals surface area contributed by atoms with Crippen molar-refractivity contribution in [1.82, 2.24) is 20.9 Å². The van der Waals surface area contributed by atoms with E-state index in [4.69, 9.17) is 0 Å². The second-order valence-electron chi connectivity index (χ2n) is 7.08. The summed E-state index contributed by atoms with van der Waals surface area (Å²) in [5.74, 6) is 0.553. The van der Waals surface area contributed by atoms with Gasteiger partial charge in [-0.25, -0.2) is 0 Å². The summed E-state index contributed by atoms with van der Waals surface area (Å²) in [6, 6.07) is 8.31. The van der Waals surface area contributed by atoms with Gasteiger partial charge < -0.3 is 20.9 Å². The molecule has 0 aliphatic heterocycles. The largest absolute Gasteiger partial charge is 0.352 e. The van der Waals surface area contributed by atoms with Crippen LogP contribution in [0.1, 0.15) is 31.9 Å². The lowest BCUT2D eigenvalue weighted by molar-refractivity contribution is -0.121. The van der Waals surface area contributed by atoms with Crippen molar-refractivity contribution in [2.45, 2.75) is 39.4 Å². The molecule has 0 spiro atoms. The Kier molecular flexibility index (Phi) is 10.7. The molecule has 142 valence electrons. The van der Waals surface area contributed by atoms with Crippen LogP contribution in [0.2, 0.25) is 0 Å². The van der Waals surface area contributed by atoms with E-state index < -0.39 is 0 Å². The molecule has 0 atom stereocenters. The number of halogens is 1. The van der Waals surface area contributed by atoms with E-state index in [9.17, 15) is 4.79 Å². The third kappa shape index (κ3) is 10.3. The van der Waals surface area contributed by atoms with E-state index in [1.54, 1.807) is 7.05 Å². The van der Waals surface area contributed by atoms with Crippen LogP contribution in [0.5, 0.6) is 0 Å². The fourth-order valence-corrected chi connectivity index (χ4v) is 2.25. The number of nitrogens with one attached hydrogen (secondary N) is 3. The van der Waals surface area contributed by atoms with Gasteiger partial charge in [0.2, 0.25) is 5.91 Å². The normalized spacial score (nSPS) is 11.7. The Labute approximate surface area is 168 Å². The molecule has 1 aromatic carbocycles. The third-order valence-corrected chi connectivity index (χ3v) is 3.21. The van der Waals surface area contributed by atoms with E-state index in [0.29, 0.717) is 12.5 Å². The van der Waals surface area contributed by atoms with Crippen molar-refractivity contribution in [2.75, 3.05) is 27.7 Å². The molecule has 0 aromatic heterocycles. The van der Waals surface area contributed by atoms with Crippen LogP contribution in [0.3, 0.4) is 0 Å². The summed E-state index contributed by atoms with van der Waals surface area (Å²) in [5.41, 5.74) is 2.25. The summed E-state index contributed by atoms with van der Waals surface area (Å²) in [7, 11) is 5.81. The molecular formula is C18H32IN5O. The Balaban J connectivity index is 0.00000576. The average Bonchev–Trinajstić information content (AvgIpc) is 2.46. The number of aliphatic imine (C=N–C) groups is 1. The quantitative estimate of drug-likeness (QED) is 0.344. The van der Waals surface area contributed by atoms with Gasteiger partial charge in [0.25, 0.3) is 0 Å². The number of nitrogens with zero attached hydrogens (tertiary/aromatic N) is 2. The summed E-state index contributed by atoms with van der Waals surface area (Å²) < 4.78 is 0. The topological polar surface area (TPSA) is 68.8 Å². The summed E-state index contributed by atoms with van der Waals surface area (Å²) in [4.78, 5) is 18.2. The minimum absolute atomic E-state index is 0. The first kappa shape index (κ1) is 23.6. The van der Waals surface area contributed by atoms with Crippen LogP contribution in [-0.2, 0) is 17.9 Å². The Hall–Kier alpha value is -1.35. The second-order valence-corrected chi connectivity index (χ2v) is 7.08. The number of hydrogen-bond donors (Lipinski definition) is 3. The van der Waals surface area contributed by atoms with Crippen molar-refractivity contribution in [3.63, 3.8) is 0 Å². The van der Waals surface area contributed by atoms with Crippen molar-refractivity contribution >= 4 is 35.8 Å². The van der Waals surface area contributed by atoms with Crippen LogP contribution in [0, 0.1) is 0 Å². The summed E-state index contributed by atoms with van der Waals surface area (Å²) >= 11 is 0. The first-order valence-corrected chi connectivity index (χ1v) is 8.18. The van der Waals surface area contributed by atoms with Gasteiger partial charge in [-0.15, -0.1) is 24.0 Å². The molecule has 1 amide bonds. The molecule has 7 heteroatoms. The van der Waals surface area contributed by atoms with Gasteiger partial charge in [0, 0.05) is 25.7 Å². The fraction of sp³-hybridized carbons (Fsp3) is 0.556. The van der Waals surface area contributed by atoms with Crippen LogP contribution in [0.25, 0.3) is 0 Å². The monoisotopic (exact) mass is 461 g/mol. The lowest BCUT2D eigenvalue weighted by Crippen LogP contribution is -2.48. The Morgan fingerprint density at radius 1 is 1.12 bits per heavy atom. The molecule has 3 N–H and O–H groups in total. The minimum atomic E-state index is -0.235. The molecule has 0 heterocycles. The van der Waals surface area contributed by atoms with Crippen LogP contribution >= 0.6 is 24.0 Å². The van der Waals surface area contributed by atoms with Crippen molar-refractivity contribution in [2.24, 2.45) is 4.99 Å². The van der Waals surface area contributed by atoms with Gasteiger partial charge in [-0.3, -0.25) is 9.79 Å². The van der Waals surface area contributed by atoms with Crippen LogP contribution in [-0.4, -0.2) is 50.0 Å². The highest BCUT2D eigenvalue weighted by molar-refractivity contribution is 14.0. The number of hydrogen-bond acceptors (Lipinski definition) is 3. The van der Waals surface area contributed by atoms with Crippen molar-refractivity contribution in [1.29, 1.82) is 0 Å². The lowest BCUT2D eigenvalue weighted by atomic mass is 10.1. The molecule has 1 aromatic rings. The first-order valence-electron chi connectivity index (χ1n) is 8.18. The van der Waals surface area contributed by atoms with E-state index >= 15 is 0 Å². The van der Waals surface area contributed by atoms with Crippen molar-refractivity contribution in [3.8, 4) is 0 Å². The van der Waals surface area contributed by atoms with Crippen LogP contribution in [0.15, 0.2) is 29.3 Å². The molecule has 0 unspecified atom stereocenters. The molecular weight excluding hydrogens is 429 g/mol. The number of benzene rings is 1. The number of rotatable bonds is 6. The minimum Gasteiger partial charge on any atom is -0.352 e. The van der Waals surface area contributed by atoms with Gasteiger partial charge in [-0.05, 0) is 46.0 Å². The van der Waals surface area contributed by atoms with Gasteiger partial charge in [0.1, 0.15) is 0 Å². The molecule has 0 bridgehead atoms. The predicted molar refractivity (Wildman–Crippen MR) is 115 cm³/mol. The maximum Gasteiger partial charge on any atom is 0.239 e. The van der Waals surface area contributed by atoms with Gasteiger partial charge in [0.05, 0.1) is 6.54 Å². The average molecular weight is 461 g/mol. The molecule has 0 saturated heterocycles. The molecule has 6 nitrogen and oxygen atoms in total. The van der Waals surface area contributed by atoms with Gasteiger partial charge in [0.15, 0.2) is 5.96 Å². The first-order chi connectivity index (χ1) is 11.2. The number of carbonyl (C=O) groups is 1. The predicted octanol–water partition coefficient (Wildman–Crippen LogP) is 1.95. The highest BCUT2D eigenvalue weighted by Crippen LogP contribution is 2.10. The molecule has 0 aliphatic rings. The zero-order valence-electron chi connectivity index (χ0n) is 16.1. The maximum atomic E-state index is 11.9. The van der Waals surface area contributed by atoms with Crippen molar-refractivity contribution in [3.05, 3.63) is 35.4 Å². The summed E-state index contributed by atoms with van der Waals surface area (Å²) in [6.45, 7) is 7.61. The molecule has 0 saturated carbocycles. The highest BCUT2D eigenvalue weighted by Gasteiger charge is 2.13. The highest BCUT2D eigenvalue weighted by atomic mass is 127. The SMILES string of the molecule is CN=C(NCC(=O)NC(C)(C)C)NCc1ccccc1CN(C)C.I. The zero-order valence-corrected chi connectivity index (χ0v) is 18.5. The Morgan fingerprint density at radius 3 is 2.24 bits per heavy atom. The van der Waals surface area contributed by atoms with Crippen LogP contribution in [0.4, 0.5) is 0 Å². The fourth-order valence-electron chi connectivity index (χ4n) is 2.25. The second kappa shape index (κ2) is 11.3. The van der Waals surface area contributed by atoms with Gasteiger partial charge in [-0.1, -0.05) is 24.3 Å². The van der Waals surface area contributed by atoms with E-state index in [1.165, 1.54) is 11.1 Å². The van der Waals surface area contributed by atoms with E-state index in [-0.39, 0.29) is 42.0 Å². The molecule has 0 aliphatic carbocycles. The standard InChI is InChI=1S/C18H31N5O.HI/c1-18(2,3)22-16(24)12-21-17(19-4)20-11-14-9-7-8-10-15(14)13-23(5)6;/h7-10H,11-13H2,1-6H3,(H,22,24)(H2,19,20,21);1H. The lowest BCUT2D eigenvalue weighted by Gasteiger charge is -2.21. The summed E-state index contributed by atoms with van der Waals surface area (Å²) in [5, 5.41) is 9.21. The molecule has 0 radical (unpaired) electrons. The molecule has 0 fully saturated rings. The van der Waals surface area contributed by atoms with E-state index in [1.807, 2.05) is 32.9 Å². The summed E-state index contributed by atoms with van der Waals surface area (Å²) in [6.07, 6.45) is 0. The molecule has 1 rings (SSSR count). The third-order valence-electron chi connectivity index (χ3n) is 3.21. The van der Waals surface area contributed by atoms with Gasteiger partial charge >= 0.3 is 0 Å². The maximum absolute atomic E-state index is 11.9. The number of amides is 1. The smallest absolute Gasteiger partial charge is 0.239 e. The Bertz CT molecular complexity index is 567. The van der Waals surface area contributed by atoms with Crippen LogP contribution < -0.4 is 16.0 Å². The number of carbonyl (C=O) groups excluding carboxylic acids is 1. The van der Waals surface area contributed by atoms with Crippen molar-refractivity contribution < 1.29 is 4.79 Å². The molecule has 25 heavy (non-hydrogen) atoms.